The Labute approximate surface area is 93.9 Å². The van der Waals surface area contributed by atoms with Gasteiger partial charge in [0.25, 0.3) is 0 Å². The lowest BCUT2D eigenvalue weighted by molar-refractivity contribution is 0.0520. The van der Waals surface area contributed by atoms with Crippen LogP contribution in [0.3, 0.4) is 0 Å². The maximum absolute atomic E-state index is 11.4. The van der Waals surface area contributed by atoms with Gasteiger partial charge in [-0.3, -0.25) is 0 Å². The van der Waals surface area contributed by atoms with Gasteiger partial charge in [-0.15, -0.1) is 11.3 Å². The van der Waals surface area contributed by atoms with Gasteiger partial charge in [0.1, 0.15) is 0 Å². The van der Waals surface area contributed by atoms with E-state index in [4.69, 9.17) is 4.74 Å². The molecule has 0 bridgehead atoms. The number of nitrogens with zero attached hydrogens (tertiary/aromatic N) is 2. The van der Waals surface area contributed by atoms with Crippen LogP contribution < -0.4 is 4.90 Å². The van der Waals surface area contributed by atoms with Crippen LogP contribution in [0.25, 0.3) is 0 Å². The Morgan fingerprint density at radius 3 is 2.87 bits per heavy atom. The molecular weight excluding hydrogens is 212 g/mol. The van der Waals surface area contributed by atoms with Gasteiger partial charge in [-0.05, 0) is 20.8 Å². The molecule has 0 aliphatic carbocycles. The highest BCUT2D eigenvalue weighted by molar-refractivity contribution is 7.13. The Bertz CT molecular complexity index is 336. The fraction of sp³-hybridized carbons (Fsp3) is 0.600. The molecule has 0 saturated carbocycles. The van der Waals surface area contributed by atoms with E-state index in [-0.39, 0.29) is 5.97 Å². The van der Waals surface area contributed by atoms with Crippen molar-refractivity contribution in [2.45, 2.75) is 26.8 Å². The van der Waals surface area contributed by atoms with Crippen molar-refractivity contribution < 1.29 is 9.53 Å². The molecule has 0 radical (unpaired) electrons. The van der Waals surface area contributed by atoms with Crippen molar-refractivity contribution in [3.05, 3.63) is 11.1 Å². The van der Waals surface area contributed by atoms with Gasteiger partial charge >= 0.3 is 5.97 Å². The van der Waals surface area contributed by atoms with Crippen molar-refractivity contribution in [1.29, 1.82) is 0 Å². The Hall–Kier alpha value is -1.10. The van der Waals surface area contributed by atoms with E-state index < -0.39 is 0 Å². The normalized spacial score (nSPS) is 10.5. The van der Waals surface area contributed by atoms with Crippen molar-refractivity contribution in [3.63, 3.8) is 0 Å². The summed E-state index contributed by atoms with van der Waals surface area (Å²) in [5.74, 6) is -0.350. The SMILES string of the molecule is CCOC(=O)c1csc(N(C)C(C)C)n1. The topological polar surface area (TPSA) is 42.4 Å². The summed E-state index contributed by atoms with van der Waals surface area (Å²) in [5.41, 5.74) is 0.393. The molecule has 84 valence electrons. The van der Waals surface area contributed by atoms with Crippen LogP contribution in [0.1, 0.15) is 31.3 Å². The van der Waals surface area contributed by atoms with Gasteiger partial charge in [-0.25, -0.2) is 9.78 Å². The number of hydrogen-bond donors (Lipinski definition) is 0. The van der Waals surface area contributed by atoms with Crippen LogP contribution in [0.4, 0.5) is 5.13 Å². The molecule has 1 heterocycles. The predicted octanol–water partition coefficient (Wildman–Crippen LogP) is 2.16. The molecule has 0 aromatic carbocycles. The van der Waals surface area contributed by atoms with E-state index >= 15 is 0 Å². The van der Waals surface area contributed by atoms with Crippen LogP contribution in [-0.2, 0) is 4.74 Å². The van der Waals surface area contributed by atoms with E-state index in [0.29, 0.717) is 18.3 Å². The molecule has 0 unspecified atom stereocenters. The van der Waals surface area contributed by atoms with E-state index in [0.717, 1.165) is 5.13 Å². The Morgan fingerprint density at radius 2 is 2.33 bits per heavy atom. The first-order chi connectivity index (χ1) is 7.06. The highest BCUT2D eigenvalue weighted by atomic mass is 32.1. The van der Waals surface area contributed by atoms with E-state index in [9.17, 15) is 4.79 Å². The second kappa shape index (κ2) is 5.11. The average Bonchev–Trinajstić information content (AvgIpc) is 2.65. The second-order valence-electron chi connectivity index (χ2n) is 3.44. The average molecular weight is 228 g/mol. The van der Waals surface area contributed by atoms with Gasteiger partial charge in [0, 0.05) is 18.5 Å². The third-order valence-corrected chi connectivity index (χ3v) is 2.98. The summed E-state index contributed by atoms with van der Waals surface area (Å²) in [4.78, 5) is 17.6. The summed E-state index contributed by atoms with van der Waals surface area (Å²) in [7, 11) is 1.96. The van der Waals surface area contributed by atoms with Crippen LogP contribution in [0.2, 0.25) is 0 Å². The molecule has 0 atom stereocenters. The number of aromatic nitrogens is 1. The van der Waals surface area contributed by atoms with E-state index in [1.165, 1.54) is 11.3 Å². The van der Waals surface area contributed by atoms with Crippen LogP contribution >= 0.6 is 11.3 Å². The predicted molar refractivity (Wildman–Crippen MR) is 61.6 cm³/mol. The van der Waals surface area contributed by atoms with E-state index in [2.05, 4.69) is 18.8 Å². The summed E-state index contributed by atoms with van der Waals surface area (Å²) in [6.07, 6.45) is 0. The number of carbonyl (C=O) groups is 1. The first kappa shape index (κ1) is 12.0. The highest BCUT2D eigenvalue weighted by Gasteiger charge is 2.14. The Morgan fingerprint density at radius 1 is 1.67 bits per heavy atom. The zero-order valence-corrected chi connectivity index (χ0v) is 10.3. The van der Waals surface area contributed by atoms with Gasteiger partial charge in [0.2, 0.25) is 0 Å². The fourth-order valence-corrected chi connectivity index (χ4v) is 1.84. The van der Waals surface area contributed by atoms with Crippen molar-refractivity contribution in [2.75, 3.05) is 18.6 Å². The number of ether oxygens (including phenoxy) is 1. The maximum Gasteiger partial charge on any atom is 0.357 e. The summed E-state index contributed by atoms with van der Waals surface area (Å²) in [6, 6.07) is 0.367. The quantitative estimate of drug-likeness (QED) is 0.741. The first-order valence-electron chi connectivity index (χ1n) is 4.91. The minimum absolute atomic E-state index is 0.350. The first-order valence-corrected chi connectivity index (χ1v) is 5.79. The van der Waals surface area contributed by atoms with E-state index in [1.807, 2.05) is 11.9 Å². The minimum atomic E-state index is -0.350. The number of anilines is 1. The lowest BCUT2D eigenvalue weighted by Gasteiger charge is -2.19. The zero-order chi connectivity index (χ0) is 11.4. The number of hydrogen-bond acceptors (Lipinski definition) is 5. The van der Waals surface area contributed by atoms with Crippen molar-refractivity contribution in [1.82, 2.24) is 4.98 Å². The van der Waals surface area contributed by atoms with Gasteiger partial charge in [0.15, 0.2) is 10.8 Å². The van der Waals surface area contributed by atoms with Crippen molar-refractivity contribution >= 4 is 22.4 Å². The fourth-order valence-electron chi connectivity index (χ4n) is 0.946. The standard InChI is InChI=1S/C10H16N2O2S/c1-5-14-9(13)8-6-15-10(11-8)12(4)7(2)3/h6-7H,5H2,1-4H3. The largest absolute Gasteiger partial charge is 0.461 e. The maximum atomic E-state index is 11.4. The molecule has 0 saturated heterocycles. The smallest absolute Gasteiger partial charge is 0.357 e. The van der Waals surface area contributed by atoms with Gasteiger partial charge in [-0.2, -0.15) is 0 Å². The third-order valence-electron chi connectivity index (χ3n) is 2.05. The summed E-state index contributed by atoms with van der Waals surface area (Å²) in [6.45, 7) is 6.31. The molecule has 1 aromatic heterocycles. The third kappa shape index (κ3) is 2.92. The van der Waals surface area contributed by atoms with Crippen LogP contribution in [-0.4, -0.2) is 30.6 Å². The molecule has 0 spiro atoms. The lowest BCUT2D eigenvalue weighted by Crippen LogP contribution is -2.25. The van der Waals surface area contributed by atoms with Crippen molar-refractivity contribution in [3.8, 4) is 0 Å². The number of esters is 1. The van der Waals surface area contributed by atoms with Gasteiger partial charge < -0.3 is 9.64 Å². The lowest BCUT2D eigenvalue weighted by atomic mass is 10.4. The molecule has 1 rings (SSSR count). The van der Waals surface area contributed by atoms with E-state index in [1.54, 1.807) is 12.3 Å². The van der Waals surface area contributed by atoms with Crippen LogP contribution in [0, 0.1) is 0 Å². The molecule has 15 heavy (non-hydrogen) atoms. The molecule has 0 aliphatic heterocycles. The molecule has 1 aromatic rings. The molecule has 0 amide bonds. The highest BCUT2D eigenvalue weighted by Crippen LogP contribution is 2.21. The van der Waals surface area contributed by atoms with Gasteiger partial charge in [-0.1, -0.05) is 0 Å². The van der Waals surface area contributed by atoms with Crippen LogP contribution in [0.15, 0.2) is 5.38 Å². The molecule has 5 heteroatoms. The minimum Gasteiger partial charge on any atom is -0.461 e. The van der Waals surface area contributed by atoms with Crippen LogP contribution in [0.5, 0.6) is 0 Å². The molecular formula is C10H16N2O2S. The Kier molecular flexibility index (Phi) is 4.08. The van der Waals surface area contributed by atoms with Gasteiger partial charge in [0.05, 0.1) is 6.61 Å². The Balaban J connectivity index is 2.76. The van der Waals surface area contributed by atoms with Crippen molar-refractivity contribution in [2.24, 2.45) is 0 Å². The number of thiazole rings is 1. The monoisotopic (exact) mass is 228 g/mol. The summed E-state index contributed by atoms with van der Waals surface area (Å²) in [5, 5.41) is 2.57. The number of carbonyl (C=O) groups excluding carboxylic acids is 1. The molecule has 0 N–H and O–H groups in total. The second-order valence-corrected chi connectivity index (χ2v) is 4.28. The molecule has 0 aliphatic rings. The number of rotatable bonds is 4. The molecule has 0 fully saturated rings. The molecule has 4 nitrogen and oxygen atoms in total. The summed E-state index contributed by atoms with van der Waals surface area (Å²) >= 11 is 1.45. The summed E-state index contributed by atoms with van der Waals surface area (Å²) < 4.78 is 4.87. The zero-order valence-electron chi connectivity index (χ0n) is 9.48.